The Bertz CT molecular complexity index is 455. The number of hydrogen-bond donors (Lipinski definition) is 0. The summed E-state index contributed by atoms with van der Waals surface area (Å²) in [5, 5.41) is 4.11. The molecule has 15 heavy (non-hydrogen) atoms. The summed E-state index contributed by atoms with van der Waals surface area (Å²) in [6.07, 6.45) is 3.51. The number of halogens is 1. The van der Waals surface area contributed by atoms with Gasteiger partial charge in [-0.25, -0.2) is 4.98 Å². The fourth-order valence-electron chi connectivity index (χ4n) is 1.14. The van der Waals surface area contributed by atoms with Gasteiger partial charge in [-0.05, 0) is 28.9 Å². The average Bonchev–Trinajstić information content (AvgIpc) is 2.65. The van der Waals surface area contributed by atoms with Crippen molar-refractivity contribution in [1.82, 2.24) is 14.8 Å². The molecule has 4 nitrogen and oxygen atoms in total. The number of ether oxygens (including phenoxy) is 1. The van der Waals surface area contributed by atoms with Crippen LogP contribution in [0.3, 0.4) is 0 Å². The summed E-state index contributed by atoms with van der Waals surface area (Å²) in [4.78, 5) is 4.16. The van der Waals surface area contributed by atoms with E-state index in [1.807, 2.05) is 25.3 Å². The Labute approximate surface area is 96.0 Å². The smallest absolute Gasteiger partial charge is 0.220 e. The second-order valence-corrected chi connectivity index (χ2v) is 3.74. The fraction of sp³-hybridized carbons (Fsp3) is 0.200. The second kappa shape index (κ2) is 4.44. The molecule has 0 aliphatic carbocycles. The van der Waals surface area contributed by atoms with Gasteiger partial charge in [0.25, 0.3) is 0 Å². The van der Waals surface area contributed by atoms with Crippen LogP contribution in [0.15, 0.2) is 35.2 Å². The Morgan fingerprint density at radius 2 is 2.33 bits per heavy atom. The molecule has 0 aliphatic rings. The van der Waals surface area contributed by atoms with E-state index >= 15 is 0 Å². The quantitative estimate of drug-likeness (QED) is 0.803. The predicted octanol–water partition coefficient (Wildman–Crippen LogP) is 2.85. The number of rotatable bonds is 3. The summed E-state index contributed by atoms with van der Waals surface area (Å²) in [5.74, 6) is 1.25. The minimum Gasteiger partial charge on any atom is -0.436 e. The number of pyridine rings is 1. The Morgan fingerprint density at radius 3 is 3.00 bits per heavy atom. The van der Waals surface area contributed by atoms with Gasteiger partial charge >= 0.3 is 0 Å². The van der Waals surface area contributed by atoms with Crippen molar-refractivity contribution >= 4 is 15.9 Å². The molecule has 0 amide bonds. The summed E-state index contributed by atoms with van der Waals surface area (Å²) in [6.45, 7) is 2.85. The van der Waals surface area contributed by atoms with E-state index in [-0.39, 0.29) is 0 Å². The first-order chi connectivity index (χ1) is 7.28. The molecular weight excluding hydrogens is 258 g/mol. The van der Waals surface area contributed by atoms with Gasteiger partial charge in [0, 0.05) is 12.6 Å². The topological polar surface area (TPSA) is 39.9 Å². The largest absolute Gasteiger partial charge is 0.436 e. The zero-order valence-corrected chi connectivity index (χ0v) is 9.81. The van der Waals surface area contributed by atoms with E-state index in [4.69, 9.17) is 4.74 Å². The van der Waals surface area contributed by atoms with Crippen molar-refractivity contribution in [2.75, 3.05) is 0 Å². The predicted molar refractivity (Wildman–Crippen MR) is 59.9 cm³/mol. The van der Waals surface area contributed by atoms with Crippen molar-refractivity contribution in [1.29, 1.82) is 0 Å². The van der Waals surface area contributed by atoms with E-state index in [2.05, 4.69) is 26.0 Å². The summed E-state index contributed by atoms with van der Waals surface area (Å²) < 4.78 is 8.07. The molecule has 5 heteroatoms. The van der Waals surface area contributed by atoms with E-state index in [0.29, 0.717) is 11.6 Å². The van der Waals surface area contributed by atoms with Gasteiger partial charge in [-0.1, -0.05) is 6.07 Å². The zero-order chi connectivity index (χ0) is 10.7. The molecule has 2 rings (SSSR count). The minimum absolute atomic E-state index is 0.556. The lowest BCUT2D eigenvalue weighted by Gasteiger charge is -2.00. The van der Waals surface area contributed by atoms with Crippen LogP contribution < -0.4 is 4.74 Å². The molecule has 0 radical (unpaired) electrons. The molecule has 0 aliphatic heterocycles. The van der Waals surface area contributed by atoms with Gasteiger partial charge < -0.3 is 4.74 Å². The maximum absolute atomic E-state index is 5.52. The maximum Gasteiger partial charge on any atom is 0.220 e. The molecule has 0 saturated carbocycles. The van der Waals surface area contributed by atoms with Crippen molar-refractivity contribution < 1.29 is 4.74 Å². The van der Waals surface area contributed by atoms with Crippen LogP contribution in [0.25, 0.3) is 0 Å². The number of aryl methyl sites for hydroxylation is 1. The van der Waals surface area contributed by atoms with E-state index in [1.54, 1.807) is 16.9 Å². The van der Waals surface area contributed by atoms with Gasteiger partial charge in [-0.15, -0.1) is 0 Å². The third kappa shape index (κ3) is 2.56. The lowest BCUT2D eigenvalue weighted by atomic mass is 10.5. The van der Waals surface area contributed by atoms with E-state index < -0.39 is 0 Å². The highest BCUT2D eigenvalue weighted by atomic mass is 79.9. The lowest BCUT2D eigenvalue weighted by molar-refractivity contribution is 0.460. The number of aromatic nitrogens is 3. The summed E-state index contributed by atoms with van der Waals surface area (Å²) in [5.41, 5.74) is 0. The van der Waals surface area contributed by atoms with Crippen molar-refractivity contribution in [2.24, 2.45) is 0 Å². The Kier molecular flexibility index (Phi) is 3.01. The second-order valence-electron chi connectivity index (χ2n) is 2.93. The van der Waals surface area contributed by atoms with Crippen LogP contribution in [0.2, 0.25) is 0 Å². The van der Waals surface area contributed by atoms with Gasteiger partial charge in [0.2, 0.25) is 5.88 Å². The zero-order valence-electron chi connectivity index (χ0n) is 8.22. The summed E-state index contributed by atoms with van der Waals surface area (Å²) in [7, 11) is 0. The third-order valence-corrected chi connectivity index (χ3v) is 2.29. The molecule has 2 heterocycles. The van der Waals surface area contributed by atoms with Crippen LogP contribution in [-0.4, -0.2) is 14.8 Å². The van der Waals surface area contributed by atoms with Crippen molar-refractivity contribution in [2.45, 2.75) is 13.5 Å². The Balaban J connectivity index is 2.14. The van der Waals surface area contributed by atoms with Crippen LogP contribution in [0.1, 0.15) is 6.92 Å². The molecule has 0 aromatic carbocycles. The SMILES string of the molecule is CCn1cc(Oc2cccc(Br)n2)cn1. The molecule has 0 fully saturated rings. The van der Waals surface area contributed by atoms with Gasteiger partial charge in [0.1, 0.15) is 4.60 Å². The highest BCUT2D eigenvalue weighted by Crippen LogP contribution is 2.19. The average molecular weight is 268 g/mol. The molecular formula is C10H10BrN3O. The first-order valence-electron chi connectivity index (χ1n) is 4.61. The number of hydrogen-bond acceptors (Lipinski definition) is 3. The number of nitrogens with zero attached hydrogens (tertiary/aromatic N) is 3. The van der Waals surface area contributed by atoms with Crippen molar-refractivity contribution in [3.05, 3.63) is 35.2 Å². The summed E-state index contributed by atoms with van der Waals surface area (Å²) in [6, 6.07) is 5.52. The normalized spacial score (nSPS) is 10.3. The van der Waals surface area contributed by atoms with Gasteiger partial charge in [0.15, 0.2) is 5.75 Å². The molecule has 0 N–H and O–H groups in total. The first kappa shape index (κ1) is 10.2. The fourth-order valence-corrected chi connectivity index (χ4v) is 1.46. The van der Waals surface area contributed by atoms with E-state index in [9.17, 15) is 0 Å². The minimum atomic E-state index is 0.556. The van der Waals surface area contributed by atoms with Crippen LogP contribution in [0, 0.1) is 0 Å². The third-order valence-electron chi connectivity index (χ3n) is 1.85. The molecule has 0 saturated heterocycles. The van der Waals surface area contributed by atoms with Gasteiger partial charge in [-0.2, -0.15) is 5.10 Å². The molecule has 78 valence electrons. The lowest BCUT2D eigenvalue weighted by Crippen LogP contribution is -1.92. The monoisotopic (exact) mass is 267 g/mol. The van der Waals surface area contributed by atoms with Crippen LogP contribution >= 0.6 is 15.9 Å². The van der Waals surface area contributed by atoms with Crippen LogP contribution in [-0.2, 0) is 6.54 Å². The van der Waals surface area contributed by atoms with Crippen molar-refractivity contribution in [3.63, 3.8) is 0 Å². The molecule has 0 unspecified atom stereocenters. The Morgan fingerprint density at radius 1 is 1.47 bits per heavy atom. The van der Waals surface area contributed by atoms with E-state index in [0.717, 1.165) is 11.1 Å². The molecule has 2 aromatic heterocycles. The highest BCUT2D eigenvalue weighted by Gasteiger charge is 2.01. The van der Waals surface area contributed by atoms with Crippen LogP contribution in [0.5, 0.6) is 11.6 Å². The first-order valence-corrected chi connectivity index (χ1v) is 5.40. The van der Waals surface area contributed by atoms with Gasteiger partial charge in [0.05, 0.1) is 12.4 Å². The highest BCUT2D eigenvalue weighted by molar-refractivity contribution is 9.10. The van der Waals surface area contributed by atoms with Gasteiger partial charge in [-0.3, -0.25) is 4.68 Å². The van der Waals surface area contributed by atoms with Crippen LogP contribution in [0.4, 0.5) is 0 Å². The maximum atomic E-state index is 5.52. The molecule has 0 bridgehead atoms. The molecule has 0 atom stereocenters. The van der Waals surface area contributed by atoms with E-state index in [1.165, 1.54) is 0 Å². The Hall–Kier alpha value is -1.36. The summed E-state index contributed by atoms with van der Waals surface area (Å²) >= 11 is 3.28. The standard InChI is InChI=1S/C10H10BrN3O/c1-2-14-7-8(6-12-14)15-10-5-3-4-9(11)13-10/h3-7H,2H2,1H3. The molecule has 0 spiro atoms. The van der Waals surface area contributed by atoms with Crippen molar-refractivity contribution in [3.8, 4) is 11.6 Å². The molecule has 2 aromatic rings.